The van der Waals surface area contributed by atoms with Gasteiger partial charge in [0.15, 0.2) is 0 Å². The molecule has 150 valence electrons. The van der Waals surface area contributed by atoms with E-state index in [4.69, 9.17) is 11.6 Å². The normalized spacial score (nSPS) is 18.1. The number of hydrogen-bond acceptors (Lipinski definition) is 4. The highest BCUT2D eigenvalue weighted by atomic mass is 35.5. The van der Waals surface area contributed by atoms with Crippen molar-refractivity contribution in [2.24, 2.45) is 0 Å². The predicted molar refractivity (Wildman–Crippen MR) is 107 cm³/mol. The number of sulfone groups is 1. The van der Waals surface area contributed by atoms with Gasteiger partial charge in [-0.05, 0) is 30.2 Å². The molecule has 0 N–H and O–H groups in total. The summed E-state index contributed by atoms with van der Waals surface area (Å²) in [5.74, 6) is -3.50. The van der Waals surface area contributed by atoms with E-state index >= 15 is 0 Å². The molecule has 2 aromatic carbocycles. The van der Waals surface area contributed by atoms with Crippen LogP contribution in [-0.4, -0.2) is 43.8 Å². The Labute approximate surface area is 171 Å². The molecule has 28 heavy (non-hydrogen) atoms. The van der Waals surface area contributed by atoms with Crippen molar-refractivity contribution in [3.05, 3.63) is 64.7 Å². The summed E-state index contributed by atoms with van der Waals surface area (Å²) in [6.07, 6.45) is 0.629. The number of rotatable bonds is 4. The number of alkyl halides is 2. The lowest BCUT2D eigenvalue weighted by Gasteiger charge is -2.22. The van der Waals surface area contributed by atoms with Crippen LogP contribution in [0.1, 0.15) is 27.6 Å². The van der Waals surface area contributed by atoms with Gasteiger partial charge in [0, 0.05) is 29.1 Å². The Hall–Kier alpha value is -1.64. The van der Waals surface area contributed by atoms with Gasteiger partial charge in [-0.2, -0.15) is 20.5 Å². The van der Waals surface area contributed by atoms with Crippen LogP contribution in [0.2, 0.25) is 5.02 Å². The molecule has 2 aromatic rings. The molecule has 0 bridgehead atoms. The molecule has 0 spiro atoms. The lowest BCUT2D eigenvalue weighted by Crippen LogP contribution is -2.34. The van der Waals surface area contributed by atoms with Crippen molar-refractivity contribution in [2.45, 2.75) is 22.3 Å². The van der Waals surface area contributed by atoms with Crippen molar-refractivity contribution in [3.8, 4) is 0 Å². The van der Waals surface area contributed by atoms with Gasteiger partial charge in [0.25, 0.3) is 5.91 Å². The molecule has 9 heteroatoms. The largest absolute Gasteiger partial charge is 0.341 e. The lowest BCUT2D eigenvalue weighted by molar-refractivity contribution is 0.0762. The third-order valence-corrected chi connectivity index (χ3v) is 7.63. The molecule has 1 saturated heterocycles. The molecule has 0 radical (unpaired) electrons. The Bertz CT molecular complexity index is 969. The van der Waals surface area contributed by atoms with Gasteiger partial charge >= 0.3 is 5.76 Å². The van der Waals surface area contributed by atoms with Gasteiger partial charge in [0.05, 0.1) is 10.5 Å². The number of amides is 1. The Morgan fingerprint density at radius 3 is 2.50 bits per heavy atom. The summed E-state index contributed by atoms with van der Waals surface area (Å²) in [6, 6.07) is 12.6. The van der Waals surface area contributed by atoms with Crippen LogP contribution in [0.3, 0.4) is 0 Å². The summed E-state index contributed by atoms with van der Waals surface area (Å²) < 4.78 is 49.9. The average molecular weight is 446 g/mol. The van der Waals surface area contributed by atoms with Crippen LogP contribution < -0.4 is 0 Å². The van der Waals surface area contributed by atoms with E-state index in [0.29, 0.717) is 30.3 Å². The second-order valence-corrected chi connectivity index (χ2v) is 9.87. The molecule has 0 aromatic heterocycles. The van der Waals surface area contributed by atoms with E-state index in [1.165, 1.54) is 23.1 Å². The number of benzene rings is 2. The molecule has 1 heterocycles. The zero-order valence-electron chi connectivity index (χ0n) is 14.7. The van der Waals surface area contributed by atoms with E-state index in [2.05, 4.69) is 0 Å². The zero-order valence-corrected chi connectivity index (χ0v) is 17.1. The van der Waals surface area contributed by atoms with Gasteiger partial charge in [0.2, 0.25) is 9.84 Å². The first-order valence-corrected chi connectivity index (χ1v) is 11.6. The van der Waals surface area contributed by atoms with Gasteiger partial charge in [-0.1, -0.05) is 41.9 Å². The van der Waals surface area contributed by atoms with Gasteiger partial charge in [0.1, 0.15) is 0 Å². The fourth-order valence-corrected chi connectivity index (χ4v) is 5.64. The van der Waals surface area contributed by atoms with Crippen molar-refractivity contribution in [1.82, 2.24) is 4.90 Å². The average Bonchev–Trinajstić information content (AvgIpc) is 2.94. The van der Waals surface area contributed by atoms with Crippen LogP contribution in [0.25, 0.3) is 0 Å². The highest BCUT2D eigenvalue weighted by Gasteiger charge is 2.33. The summed E-state index contributed by atoms with van der Waals surface area (Å²) in [5.41, 5.74) is 0.771. The molecule has 0 saturated carbocycles. The fraction of sp³-hybridized carbons (Fsp3) is 0.316. The third kappa shape index (κ3) is 4.34. The fourth-order valence-electron chi connectivity index (χ4n) is 3.12. The van der Waals surface area contributed by atoms with Crippen LogP contribution in [0.15, 0.2) is 53.4 Å². The number of carbonyl (C=O) groups excluding carboxylic acids is 1. The van der Waals surface area contributed by atoms with E-state index in [-0.39, 0.29) is 10.8 Å². The molecule has 1 amide bonds. The molecule has 1 fully saturated rings. The number of thioether (sulfide) groups is 1. The number of hydrogen-bond donors (Lipinski definition) is 0. The van der Waals surface area contributed by atoms with Gasteiger partial charge in [-0.15, -0.1) is 0 Å². The Balaban J connectivity index is 1.83. The highest BCUT2D eigenvalue weighted by Crippen LogP contribution is 2.38. The van der Waals surface area contributed by atoms with E-state index in [9.17, 15) is 22.0 Å². The summed E-state index contributed by atoms with van der Waals surface area (Å²) in [4.78, 5) is 13.8. The Kier molecular flexibility index (Phi) is 6.62. The molecule has 1 aliphatic rings. The van der Waals surface area contributed by atoms with E-state index in [0.717, 1.165) is 11.6 Å². The van der Waals surface area contributed by atoms with E-state index < -0.39 is 26.4 Å². The van der Waals surface area contributed by atoms with E-state index in [1.807, 2.05) is 24.3 Å². The van der Waals surface area contributed by atoms with Crippen molar-refractivity contribution < 1.29 is 22.0 Å². The maximum atomic E-state index is 13.0. The molecular weight excluding hydrogens is 428 g/mol. The minimum Gasteiger partial charge on any atom is -0.338 e. The Morgan fingerprint density at radius 1 is 1.11 bits per heavy atom. The van der Waals surface area contributed by atoms with Gasteiger partial charge in [-0.25, -0.2) is 8.42 Å². The quantitative estimate of drug-likeness (QED) is 0.687. The van der Waals surface area contributed by atoms with E-state index in [1.54, 1.807) is 11.8 Å². The summed E-state index contributed by atoms with van der Waals surface area (Å²) in [7, 11) is -4.86. The minimum atomic E-state index is -4.86. The highest BCUT2D eigenvalue weighted by molar-refractivity contribution is 7.99. The van der Waals surface area contributed by atoms with Gasteiger partial charge in [-0.3, -0.25) is 4.79 Å². The first kappa shape index (κ1) is 21.1. The molecular formula is C19H18ClF2NO3S2. The van der Waals surface area contributed by atoms with Crippen LogP contribution in [0.5, 0.6) is 0 Å². The molecule has 3 rings (SSSR count). The molecule has 1 aliphatic heterocycles. The van der Waals surface area contributed by atoms with Crippen molar-refractivity contribution in [3.63, 3.8) is 0 Å². The monoisotopic (exact) mass is 445 g/mol. The third-order valence-electron chi connectivity index (χ3n) is 4.54. The SMILES string of the molecule is O=C(c1ccccc1S(=O)(=O)C(F)F)N1CCS[C@H](c2ccccc2Cl)CC1. The Morgan fingerprint density at radius 2 is 1.79 bits per heavy atom. The smallest absolute Gasteiger partial charge is 0.338 e. The maximum absolute atomic E-state index is 13.0. The standard InChI is InChI=1S/C19H18ClF2NO3S2/c20-15-7-3-1-5-13(15)16-9-10-23(11-12-27-16)18(24)14-6-2-4-8-17(14)28(25,26)19(21)22/h1-8,16,19H,9-12H2/t16-/m0/s1. The second-order valence-electron chi connectivity index (χ2n) is 6.26. The summed E-state index contributed by atoms with van der Waals surface area (Å²) >= 11 is 7.94. The number of halogens is 3. The molecule has 1 atom stereocenters. The van der Waals surface area contributed by atoms with Crippen molar-refractivity contribution in [1.29, 1.82) is 0 Å². The molecule has 4 nitrogen and oxygen atoms in total. The summed E-state index contributed by atoms with van der Waals surface area (Å²) in [6.45, 7) is 0.776. The summed E-state index contributed by atoms with van der Waals surface area (Å²) in [5, 5.41) is 0.764. The van der Waals surface area contributed by atoms with Crippen LogP contribution >= 0.6 is 23.4 Å². The second kappa shape index (κ2) is 8.80. The van der Waals surface area contributed by atoms with Crippen molar-refractivity contribution >= 4 is 39.1 Å². The molecule has 0 aliphatic carbocycles. The number of carbonyl (C=O) groups is 1. The molecule has 0 unspecified atom stereocenters. The van der Waals surface area contributed by atoms with Gasteiger partial charge < -0.3 is 4.90 Å². The van der Waals surface area contributed by atoms with Crippen molar-refractivity contribution in [2.75, 3.05) is 18.8 Å². The zero-order chi connectivity index (χ0) is 20.3. The lowest BCUT2D eigenvalue weighted by atomic mass is 10.1. The maximum Gasteiger partial charge on any atom is 0.341 e. The van der Waals surface area contributed by atoms with Crippen LogP contribution in [0, 0.1) is 0 Å². The first-order valence-electron chi connectivity index (χ1n) is 8.58. The first-order chi connectivity index (χ1) is 13.3. The van der Waals surface area contributed by atoms with Crippen LogP contribution in [0.4, 0.5) is 8.78 Å². The predicted octanol–water partition coefficient (Wildman–Crippen LogP) is 4.66. The topological polar surface area (TPSA) is 54.5 Å². The van der Waals surface area contributed by atoms with Crippen LogP contribution in [-0.2, 0) is 9.84 Å². The number of nitrogens with zero attached hydrogens (tertiary/aromatic N) is 1. The minimum absolute atomic E-state index is 0.103.